The second-order valence-electron chi connectivity index (χ2n) is 2.74. The van der Waals surface area contributed by atoms with Gasteiger partial charge in [0, 0.05) is 0 Å². The number of halogens is 2. The second-order valence-corrected chi connectivity index (χ2v) is 3.15. The molecule has 14 heavy (non-hydrogen) atoms. The number of hydrogen-bond donors (Lipinski definition) is 2. The van der Waals surface area contributed by atoms with Crippen LogP contribution in [0.25, 0.3) is 0 Å². The highest BCUT2D eigenvalue weighted by atomic mass is 35.5. The van der Waals surface area contributed by atoms with Crippen LogP contribution in [0, 0.1) is 5.82 Å². The number of ether oxygens (including phenoxy) is 1. The van der Waals surface area contributed by atoms with E-state index in [1.165, 1.54) is 18.2 Å². The van der Waals surface area contributed by atoms with Gasteiger partial charge in [0.25, 0.3) is 0 Å². The van der Waals surface area contributed by atoms with Gasteiger partial charge in [-0.3, -0.25) is 11.7 Å². The van der Waals surface area contributed by atoms with Gasteiger partial charge in [0.2, 0.25) is 0 Å². The summed E-state index contributed by atoms with van der Waals surface area (Å²) in [6.45, 7) is 3.78. The fraction of sp³-hybridized carbons (Fsp3) is 0.333. The number of rotatable bonds is 2. The predicted octanol–water partition coefficient (Wildman–Crippen LogP) is 2.09. The lowest BCUT2D eigenvalue weighted by Crippen LogP contribution is -2.05. The molecule has 0 unspecified atom stereocenters. The first-order chi connectivity index (χ1) is 6.59. The van der Waals surface area contributed by atoms with Crippen LogP contribution < -0.4 is 16.4 Å². The molecule has 0 spiro atoms. The molecule has 0 amide bonds. The van der Waals surface area contributed by atoms with Gasteiger partial charge in [-0.25, -0.2) is 4.39 Å². The van der Waals surface area contributed by atoms with Crippen molar-refractivity contribution in [1.82, 2.24) is 0 Å². The summed E-state index contributed by atoms with van der Waals surface area (Å²) in [6.07, 6.45) is 0.0490. The third kappa shape index (κ3) is 4.41. The Labute approximate surface area is 87.8 Å². The van der Waals surface area contributed by atoms with Gasteiger partial charge in [-0.05, 0) is 32.0 Å². The van der Waals surface area contributed by atoms with E-state index < -0.39 is 0 Å². The number of nitrogens with two attached hydrogens (primary N) is 2. The van der Waals surface area contributed by atoms with Crippen molar-refractivity contribution in [3.8, 4) is 5.75 Å². The fourth-order valence-corrected chi connectivity index (χ4v) is 1.04. The van der Waals surface area contributed by atoms with Crippen molar-refractivity contribution >= 4 is 11.6 Å². The number of hydrogen-bond acceptors (Lipinski definition) is 3. The van der Waals surface area contributed by atoms with Crippen LogP contribution >= 0.6 is 11.6 Å². The summed E-state index contributed by atoms with van der Waals surface area (Å²) in [5.74, 6) is 8.17. The molecule has 0 aliphatic rings. The van der Waals surface area contributed by atoms with E-state index in [4.69, 9.17) is 16.3 Å². The molecule has 0 aromatic heterocycles. The van der Waals surface area contributed by atoms with Crippen molar-refractivity contribution in [2.45, 2.75) is 20.0 Å². The predicted molar refractivity (Wildman–Crippen MR) is 55.5 cm³/mol. The Kier molecular flexibility index (Phi) is 6.19. The van der Waals surface area contributed by atoms with Crippen LogP contribution in [-0.2, 0) is 0 Å². The maximum Gasteiger partial charge on any atom is 0.138 e. The smallest absolute Gasteiger partial charge is 0.138 e. The van der Waals surface area contributed by atoms with Crippen molar-refractivity contribution in [2.75, 3.05) is 0 Å². The first-order valence-corrected chi connectivity index (χ1v) is 4.42. The highest BCUT2D eigenvalue weighted by molar-refractivity contribution is 6.32. The summed E-state index contributed by atoms with van der Waals surface area (Å²) < 4.78 is 17.8. The zero-order valence-corrected chi connectivity index (χ0v) is 8.88. The average Bonchev–Trinajstić information content (AvgIpc) is 2.13. The van der Waals surface area contributed by atoms with Gasteiger partial charge in [-0.15, -0.1) is 0 Å². The van der Waals surface area contributed by atoms with Crippen LogP contribution in [0.1, 0.15) is 13.8 Å². The van der Waals surface area contributed by atoms with Gasteiger partial charge < -0.3 is 4.74 Å². The minimum absolute atomic E-state index is 0.0490. The SMILES string of the molecule is CC(C)Oc1ccc(F)cc1Cl.NN. The van der Waals surface area contributed by atoms with Crippen LogP contribution in [0.2, 0.25) is 5.02 Å². The molecule has 80 valence electrons. The third-order valence-electron chi connectivity index (χ3n) is 1.26. The molecule has 0 saturated carbocycles. The van der Waals surface area contributed by atoms with Gasteiger partial charge in [0.15, 0.2) is 0 Å². The zero-order chi connectivity index (χ0) is 11.1. The molecule has 0 aliphatic carbocycles. The molecule has 0 saturated heterocycles. The Balaban J connectivity index is 0.000000791. The molecule has 0 radical (unpaired) electrons. The van der Waals surface area contributed by atoms with Crippen molar-refractivity contribution in [2.24, 2.45) is 11.7 Å². The molecule has 1 aromatic rings. The summed E-state index contributed by atoms with van der Waals surface area (Å²) >= 11 is 5.71. The second kappa shape index (κ2) is 6.59. The molecule has 1 rings (SSSR count). The molecule has 5 heteroatoms. The molecule has 0 atom stereocenters. The lowest BCUT2D eigenvalue weighted by Gasteiger charge is -2.10. The standard InChI is InChI=1S/C9H10ClFO.H4N2/c1-6(2)12-9-4-3-7(11)5-8(9)10;1-2/h3-6H,1-2H3;1-2H2. The molecule has 0 aliphatic heterocycles. The van der Waals surface area contributed by atoms with Crippen LogP contribution in [-0.4, -0.2) is 6.10 Å². The Morgan fingerprint density at radius 3 is 2.36 bits per heavy atom. The molecule has 0 bridgehead atoms. The summed E-state index contributed by atoms with van der Waals surface area (Å²) in [7, 11) is 0. The van der Waals surface area contributed by atoms with Gasteiger partial charge in [-0.1, -0.05) is 11.6 Å². The maximum atomic E-state index is 12.5. The van der Waals surface area contributed by atoms with Crippen LogP contribution in [0.4, 0.5) is 4.39 Å². The van der Waals surface area contributed by atoms with E-state index >= 15 is 0 Å². The summed E-state index contributed by atoms with van der Waals surface area (Å²) in [4.78, 5) is 0. The Hall–Kier alpha value is -0.840. The topological polar surface area (TPSA) is 61.3 Å². The van der Waals surface area contributed by atoms with Crippen molar-refractivity contribution in [3.63, 3.8) is 0 Å². The zero-order valence-electron chi connectivity index (χ0n) is 8.13. The van der Waals surface area contributed by atoms with E-state index in [0.717, 1.165) is 0 Å². The van der Waals surface area contributed by atoms with Gasteiger partial charge in [0.05, 0.1) is 11.1 Å². The lowest BCUT2D eigenvalue weighted by atomic mass is 10.3. The van der Waals surface area contributed by atoms with Gasteiger partial charge in [0.1, 0.15) is 11.6 Å². The molecule has 0 fully saturated rings. The lowest BCUT2D eigenvalue weighted by molar-refractivity contribution is 0.242. The first kappa shape index (κ1) is 13.2. The molecular weight excluding hydrogens is 207 g/mol. The third-order valence-corrected chi connectivity index (χ3v) is 1.55. The summed E-state index contributed by atoms with van der Waals surface area (Å²) in [5.41, 5.74) is 0. The van der Waals surface area contributed by atoms with E-state index in [2.05, 4.69) is 11.7 Å². The van der Waals surface area contributed by atoms with Gasteiger partial charge in [-0.2, -0.15) is 0 Å². The molecule has 3 nitrogen and oxygen atoms in total. The molecule has 4 N–H and O–H groups in total. The van der Waals surface area contributed by atoms with E-state index in [0.29, 0.717) is 10.8 Å². The van der Waals surface area contributed by atoms with Crippen LogP contribution in [0.3, 0.4) is 0 Å². The Morgan fingerprint density at radius 2 is 1.93 bits per heavy atom. The Morgan fingerprint density at radius 1 is 1.36 bits per heavy atom. The highest BCUT2D eigenvalue weighted by Crippen LogP contribution is 2.25. The van der Waals surface area contributed by atoms with Crippen molar-refractivity contribution in [1.29, 1.82) is 0 Å². The van der Waals surface area contributed by atoms with Gasteiger partial charge >= 0.3 is 0 Å². The minimum Gasteiger partial charge on any atom is -0.489 e. The fourth-order valence-electron chi connectivity index (χ4n) is 0.825. The largest absolute Gasteiger partial charge is 0.489 e. The molecule has 0 heterocycles. The van der Waals surface area contributed by atoms with E-state index in [1.54, 1.807) is 0 Å². The average molecular weight is 221 g/mol. The van der Waals surface area contributed by atoms with Crippen molar-refractivity contribution in [3.05, 3.63) is 29.0 Å². The monoisotopic (exact) mass is 220 g/mol. The number of hydrazine groups is 1. The minimum atomic E-state index is -0.351. The van der Waals surface area contributed by atoms with Crippen molar-refractivity contribution < 1.29 is 9.13 Å². The summed E-state index contributed by atoms with van der Waals surface area (Å²) in [6, 6.07) is 4.08. The maximum absolute atomic E-state index is 12.5. The van der Waals surface area contributed by atoms with E-state index in [-0.39, 0.29) is 11.9 Å². The first-order valence-electron chi connectivity index (χ1n) is 4.04. The van der Waals surface area contributed by atoms with E-state index in [1.807, 2.05) is 13.8 Å². The molecule has 1 aromatic carbocycles. The van der Waals surface area contributed by atoms with Crippen LogP contribution in [0.15, 0.2) is 18.2 Å². The van der Waals surface area contributed by atoms with E-state index in [9.17, 15) is 4.39 Å². The Bertz CT molecular complexity index is 282. The van der Waals surface area contributed by atoms with Crippen LogP contribution in [0.5, 0.6) is 5.75 Å². The number of benzene rings is 1. The highest BCUT2D eigenvalue weighted by Gasteiger charge is 2.03. The molecular formula is C9H14ClFN2O. The normalized spacial score (nSPS) is 9.36. The quantitative estimate of drug-likeness (QED) is 0.593. The summed E-state index contributed by atoms with van der Waals surface area (Å²) in [5, 5.41) is 0.309.